The molecule has 4 rings (SSSR count). The van der Waals surface area contributed by atoms with E-state index in [-0.39, 0.29) is 18.2 Å². The minimum absolute atomic E-state index is 0.136. The molecule has 1 aliphatic heterocycles. The van der Waals surface area contributed by atoms with Crippen LogP contribution in [0.15, 0.2) is 42.6 Å². The highest BCUT2D eigenvalue weighted by Crippen LogP contribution is 2.32. The third kappa shape index (κ3) is 3.85. The molecule has 6 nitrogen and oxygen atoms in total. The van der Waals surface area contributed by atoms with Crippen LogP contribution < -0.4 is 15.4 Å². The summed E-state index contributed by atoms with van der Waals surface area (Å²) >= 11 is 0. The van der Waals surface area contributed by atoms with Gasteiger partial charge in [-0.2, -0.15) is 0 Å². The molecule has 1 aromatic heterocycles. The normalized spacial score (nSPS) is 18.6. The van der Waals surface area contributed by atoms with Crippen molar-refractivity contribution in [1.82, 2.24) is 10.3 Å². The monoisotopic (exact) mass is 351 g/mol. The summed E-state index contributed by atoms with van der Waals surface area (Å²) in [4.78, 5) is 28.7. The lowest BCUT2D eigenvalue weighted by Crippen LogP contribution is -2.34. The van der Waals surface area contributed by atoms with Gasteiger partial charge < -0.3 is 15.4 Å². The third-order valence-corrected chi connectivity index (χ3v) is 4.74. The van der Waals surface area contributed by atoms with Gasteiger partial charge in [-0.3, -0.25) is 9.59 Å². The Morgan fingerprint density at radius 3 is 2.85 bits per heavy atom. The first-order valence-electron chi connectivity index (χ1n) is 8.93. The number of fused-ring (bicyclic) bond motifs is 1. The van der Waals surface area contributed by atoms with Crippen LogP contribution in [0.25, 0.3) is 0 Å². The molecule has 2 heterocycles. The quantitative estimate of drug-likeness (QED) is 0.838. The number of carbonyl (C=O) groups is 2. The molecule has 0 radical (unpaired) electrons. The molecule has 2 N–H and O–H groups in total. The molecule has 1 saturated carbocycles. The van der Waals surface area contributed by atoms with Crippen LogP contribution in [0.3, 0.4) is 0 Å². The van der Waals surface area contributed by atoms with E-state index in [2.05, 4.69) is 15.6 Å². The zero-order chi connectivity index (χ0) is 17.9. The lowest BCUT2D eigenvalue weighted by molar-refractivity contribution is -0.126. The van der Waals surface area contributed by atoms with Crippen molar-refractivity contribution < 1.29 is 14.3 Å². The molecule has 134 valence electrons. The maximum atomic E-state index is 12.6. The molecule has 1 fully saturated rings. The zero-order valence-electron chi connectivity index (χ0n) is 14.4. The standard InChI is InChI=1S/C20H21N3O3/c24-18-9-16(15-3-1-2-4-17(15)23-18)20(25)22-11-14-7-8-19(21-10-14)26-12-13-5-6-13/h1-4,7-8,10,13,16H,5-6,9,11-12H2,(H,22,25)(H,23,24). The summed E-state index contributed by atoms with van der Waals surface area (Å²) < 4.78 is 5.61. The Labute approximate surface area is 152 Å². The molecule has 0 saturated heterocycles. The summed E-state index contributed by atoms with van der Waals surface area (Å²) in [7, 11) is 0. The number of para-hydroxylation sites is 1. The molecule has 0 bridgehead atoms. The Kier molecular flexibility index (Phi) is 4.56. The number of amides is 2. The molecule has 1 unspecified atom stereocenters. The van der Waals surface area contributed by atoms with Gasteiger partial charge in [0.05, 0.1) is 12.5 Å². The van der Waals surface area contributed by atoms with E-state index in [9.17, 15) is 9.59 Å². The van der Waals surface area contributed by atoms with Crippen molar-refractivity contribution in [2.24, 2.45) is 5.92 Å². The second-order valence-electron chi connectivity index (χ2n) is 6.87. The van der Waals surface area contributed by atoms with Gasteiger partial charge in [0.1, 0.15) is 0 Å². The number of ether oxygens (including phenoxy) is 1. The number of pyridine rings is 1. The van der Waals surface area contributed by atoms with E-state index in [1.807, 2.05) is 36.4 Å². The first-order chi connectivity index (χ1) is 12.7. The Hall–Kier alpha value is -2.89. The van der Waals surface area contributed by atoms with Crippen molar-refractivity contribution in [3.8, 4) is 5.88 Å². The van der Waals surface area contributed by atoms with Gasteiger partial charge in [-0.1, -0.05) is 24.3 Å². The summed E-state index contributed by atoms with van der Waals surface area (Å²) in [5.74, 6) is 0.550. The van der Waals surface area contributed by atoms with Gasteiger partial charge in [-0.05, 0) is 36.0 Å². The Morgan fingerprint density at radius 2 is 2.08 bits per heavy atom. The Bertz CT molecular complexity index is 815. The fourth-order valence-electron chi connectivity index (χ4n) is 3.05. The largest absolute Gasteiger partial charge is 0.477 e. The maximum absolute atomic E-state index is 12.6. The summed E-state index contributed by atoms with van der Waals surface area (Å²) in [6.07, 6.45) is 4.36. The number of benzene rings is 1. The van der Waals surface area contributed by atoms with Crippen molar-refractivity contribution in [3.05, 3.63) is 53.7 Å². The number of anilines is 1. The average Bonchev–Trinajstić information content (AvgIpc) is 3.49. The maximum Gasteiger partial charge on any atom is 0.228 e. The number of aromatic nitrogens is 1. The molecule has 26 heavy (non-hydrogen) atoms. The molecule has 1 aliphatic carbocycles. The van der Waals surface area contributed by atoms with Crippen LogP contribution in [0.5, 0.6) is 5.88 Å². The summed E-state index contributed by atoms with van der Waals surface area (Å²) in [6, 6.07) is 11.1. The van der Waals surface area contributed by atoms with Gasteiger partial charge in [-0.25, -0.2) is 4.98 Å². The molecule has 0 spiro atoms. The van der Waals surface area contributed by atoms with E-state index in [4.69, 9.17) is 4.74 Å². The van der Waals surface area contributed by atoms with Crippen molar-refractivity contribution in [1.29, 1.82) is 0 Å². The second-order valence-corrected chi connectivity index (χ2v) is 6.87. The number of hydrogen-bond donors (Lipinski definition) is 2. The molecule has 1 aromatic carbocycles. The fraction of sp³-hybridized carbons (Fsp3) is 0.350. The van der Waals surface area contributed by atoms with Gasteiger partial charge in [0, 0.05) is 30.9 Å². The van der Waals surface area contributed by atoms with Gasteiger partial charge in [0.25, 0.3) is 0 Å². The molecular formula is C20H21N3O3. The number of nitrogens with zero attached hydrogens (tertiary/aromatic N) is 1. The van der Waals surface area contributed by atoms with E-state index >= 15 is 0 Å². The second kappa shape index (κ2) is 7.15. The summed E-state index contributed by atoms with van der Waals surface area (Å²) in [5, 5.41) is 5.72. The zero-order valence-corrected chi connectivity index (χ0v) is 14.4. The van der Waals surface area contributed by atoms with E-state index in [1.165, 1.54) is 12.8 Å². The molecule has 1 atom stereocenters. The predicted octanol–water partition coefficient (Wildman–Crippen LogP) is 2.61. The van der Waals surface area contributed by atoms with Crippen molar-refractivity contribution >= 4 is 17.5 Å². The highest BCUT2D eigenvalue weighted by molar-refractivity contribution is 6.01. The van der Waals surface area contributed by atoms with Gasteiger partial charge in [0.2, 0.25) is 17.7 Å². The smallest absolute Gasteiger partial charge is 0.228 e. The first kappa shape index (κ1) is 16.6. The molecular weight excluding hydrogens is 330 g/mol. The van der Waals surface area contributed by atoms with Crippen molar-refractivity contribution in [2.45, 2.75) is 31.7 Å². The van der Waals surface area contributed by atoms with Crippen LogP contribution in [0.2, 0.25) is 0 Å². The van der Waals surface area contributed by atoms with E-state index < -0.39 is 5.92 Å². The lowest BCUT2D eigenvalue weighted by Gasteiger charge is -2.24. The van der Waals surface area contributed by atoms with E-state index in [0.29, 0.717) is 24.0 Å². The fourth-order valence-corrected chi connectivity index (χ4v) is 3.05. The first-order valence-corrected chi connectivity index (χ1v) is 8.93. The highest BCUT2D eigenvalue weighted by atomic mass is 16.5. The van der Waals surface area contributed by atoms with Crippen LogP contribution in [-0.4, -0.2) is 23.4 Å². The summed E-state index contributed by atoms with van der Waals surface area (Å²) in [5.41, 5.74) is 2.46. The highest BCUT2D eigenvalue weighted by Gasteiger charge is 2.30. The number of hydrogen-bond acceptors (Lipinski definition) is 4. The van der Waals surface area contributed by atoms with E-state index in [0.717, 1.165) is 17.7 Å². The lowest BCUT2D eigenvalue weighted by atomic mass is 9.90. The molecule has 2 amide bonds. The molecule has 6 heteroatoms. The topological polar surface area (TPSA) is 80.3 Å². The van der Waals surface area contributed by atoms with E-state index in [1.54, 1.807) is 6.20 Å². The van der Waals surface area contributed by atoms with Crippen LogP contribution in [0.4, 0.5) is 5.69 Å². The Morgan fingerprint density at radius 1 is 1.23 bits per heavy atom. The predicted molar refractivity (Wildman–Crippen MR) is 96.7 cm³/mol. The van der Waals surface area contributed by atoms with Crippen LogP contribution in [-0.2, 0) is 16.1 Å². The SMILES string of the molecule is O=C1CC(C(=O)NCc2ccc(OCC3CC3)nc2)c2ccccc2N1. The Balaban J connectivity index is 1.35. The van der Waals surface area contributed by atoms with Gasteiger partial charge in [-0.15, -0.1) is 0 Å². The average molecular weight is 351 g/mol. The molecule has 2 aliphatic rings. The molecule has 2 aromatic rings. The van der Waals surface area contributed by atoms with Crippen molar-refractivity contribution in [3.63, 3.8) is 0 Å². The number of carbonyl (C=O) groups excluding carboxylic acids is 2. The number of nitrogens with one attached hydrogen (secondary N) is 2. The minimum atomic E-state index is -0.464. The van der Waals surface area contributed by atoms with Crippen LogP contribution in [0.1, 0.15) is 36.3 Å². The van der Waals surface area contributed by atoms with Gasteiger partial charge in [0.15, 0.2) is 0 Å². The third-order valence-electron chi connectivity index (χ3n) is 4.74. The minimum Gasteiger partial charge on any atom is -0.477 e. The van der Waals surface area contributed by atoms with Gasteiger partial charge >= 0.3 is 0 Å². The number of rotatable bonds is 6. The summed E-state index contributed by atoms with van der Waals surface area (Å²) in [6.45, 7) is 1.10. The van der Waals surface area contributed by atoms with Crippen molar-refractivity contribution in [2.75, 3.05) is 11.9 Å². The van der Waals surface area contributed by atoms with Crippen LogP contribution >= 0.6 is 0 Å². The van der Waals surface area contributed by atoms with Crippen LogP contribution in [0, 0.1) is 5.92 Å².